The van der Waals surface area contributed by atoms with E-state index >= 15 is 0 Å². The van der Waals surface area contributed by atoms with Gasteiger partial charge in [0.2, 0.25) is 5.91 Å². The van der Waals surface area contributed by atoms with Gasteiger partial charge in [0.25, 0.3) is 5.91 Å². The van der Waals surface area contributed by atoms with Crippen LogP contribution >= 0.6 is 0 Å². The molecule has 0 unspecified atom stereocenters. The second-order valence-corrected chi connectivity index (χ2v) is 7.14. The van der Waals surface area contributed by atoms with Crippen molar-refractivity contribution in [1.29, 1.82) is 0 Å². The van der Waals surface area contributed by atoms with E-state index in [4.69, 9.17) is 4.74 Å². The zero-order valence-corrected chi connectivity index (χ0v) is 17.7. The number of hydrogen-bond donors (Lipinski definition) is 2. The molecule has 0 aliphatic carbocycles. The van der Waals surface area contributed by atoms with E-state index in [0.717, 1.165) is 16.9 Å². The zero-order valence-electron chi connectivity index (χ0n) is 17.7. The van der Waals surface area contributed by atoms with Gasteiger partial charge < -0.3 is 15.4 Å². The molecule has 0 saturated heterocycles. The number of hydrogen-bond acceptors (Lipinski definition) is 3. The Kier molecular flexibility index (Phi) is 8.23. The Hall–Kier alpha value is -3.60. The van der Waals surface area contributed by atoms with Crippen LogP contribution in [-0.2, 0) is 4.79 Å². The molecule has 1 atom stereocenters. The minimum absolute atomic E-state index is 0.0586. The van der Waals surface area contributed by atoms with Crippen molar-refractivity contribution in [3.8, 4) is 5.75 Å². The number of carbonyl (C=O) groups excluding carboxylic acids is 2. The number of amides is 2. The summed E-state index contributed by atoms with van der Waals surface area (Å²) < 4.78 is 5.52. The van der Waals surface area contributed by atoms with Crippen molar-refractivity contribution in [3.05, 3.63) is 102 Å². The third kappa shape index (κ3) is 6.71. The van der Waals surface area contributed by atoms with Gasteiger partial charge in [-0.1, -0.05) is 60.7 Å². The van der Waals surface area contributed by atoms with E-state index in [9.17, 15) is 9.59 Å². The van der Waals surface area contributed by atoms with E-state index in [0.29, 0.717) is 31.6 Å². The smallest absolute Gasteiger partial charge is 0.251 e. The van der Waals surface area contributed by atoms with Crippen LogP contribution in [0, 0.1) is 0 Å². The Morgan fingerprint density at radius 2 is 1.45 bits per heavy atom. The summed E-state index contributed by atoms with van der Waals surface area (Å²) in [5.41, 5.74) is 2.62. The molecule has 0 aliphatic rings. The van der Waals surface area contributed by atoms with Crippen molar-refractivity contribution >= 4 is 11.8 Å². The zero-order chi connectivity index (χ0) is 21.9. The first-order valence-corrected chi connectivity index (χ1v) is 10.6. The molecule has 5 heteroatoms. The Bertz CT molecular complexity index is 957. The number of benzene rings is 3. The van der Waals surface area contributed by atoms with Gasteiger partial charge in [0.05, 0.1) is 12.6 Å². The first kappa shape index (κ1) is 22.1. The first-order valence-electron chi connectivity index (χ1n) is 10.6. The van der Waals surface area contributed by atoms with Crippen LogP contribution in [0.15, 0.2) is 84.9 Å². The van der Waals surface area contributed by atoms with Crippen molar-refractivity contribution in [3.63, 3.8) is 0 Å². The van der Waals surface area contributed by atoms with E-state index in [1.165, 1.54) is 0 Å². The molecule has 3 aromatic rings. The number of rotatable bonds is 10. The van der Waals surface area contributed by atoms with Gasteiger partial charge in [-0.05, 0) is 48.7 Å². The van der Waals surface area contributed by atoms with Crippen molar-refractivity contribution in [2.75, 3.05) is 13.2 Å². The monoisotopic (exact) mass is 416 g/mol. The fraction of sp³-hybridized carbons (Fsp3) is 0.231. The molecule has 0 aliphatic heterocycles. The lowest BCUT2D eigenvalue weighted by atomic mass is 9.98. The molecule has 31 heavy (non-hydrogen) atoms. The second-order valence-electron chi connectivity index (χ2n) is 7.14. The van der Waals surface area contributed by atoms with Gasteiger partial charge in [0.1, 0.15) is 5.75 Å². The molecule has 0 aromatic heterocycles. The average Bonchev–Trinajstić information content (AvgIpc) is 2.82. The number of carbonyl (C=O) groups is 2. The fourth-order valence-corrected chi connectivity index (χ4v) is 3.30. The van der Waals surface area contributed by atoms with Crippen LogP contribution in [0.5, 0.6) is 5.75 Å². The summed E-state index contributed by atoms with van der Waals surface area (Å²) in [6.07, 6.45) is 0.893. The van der Waals surface area contributed by atoms with Gasteiger partial charge in [-0.15, -0.1) is 0 Å². The maximum atomic E-state index is 12.6. The van der Waals surface area contributed by atoms with Crippen molar-refractivity contribution in [2.24, 2.45) is 0 Å². The molecule has 2 amide bonds. The molecule has 0 fully saturated rings. The summed E-state index contributed by atoms with van der Waals surface area (Å²) in [6.45, 7) is 3.00. The Morgan fingerprint density at radius 3 is 2.10 bits per heavy atom. The topological polar surface area (TPSA) is 67.4 Å². The molecule has 0 heterocycles. The van der Waals surface area contributed by atoms with Crippen LogP contribution < -0.4 is 15.4 Å². The van der Waals surface area contributed by atoms with E-state index in [2.05, 4.69) is 10.6 Å². The Labute approximate surface area is 183 Å². The van der Waals surface area contributed by atoms with Gasteiger partial charge in [0, 0.05) is 18.5 Å². The molecule has 3 rings (SSSR count). The maximum absolute atomic E-state index is 12.6. The van der Waals surface area contributed by atoms with Crippen LogP contribution in [0.2, 0.25) is 0 Å². The third-order valence-electron chi connectivity index (χ3n) is 4.86. The van der Waals surface area contributed by atoms with Crippen LogP contribution in [-0.4, -0.2) is 25.0 Å². The van der Waals surface area contributed by atoms with Gasteiger partial charge in [-0.3, -0.25) is 9.59 Å². The van der Waals surface area contributed by atoms with Crippen LogP contribution in [0.3, 0.4) is 0 Å². The standard InChI is InChI=1S/C26H28N2O3/c1-2-31-23-17-15-21(16-18-23)25(20-10-5-3-6-11-20)28-24(29)14-9-19-27-26(30)22-12-7-4-8-13-22/h3-8,10-13,15-18,25H,2,9,14,19H2,1H3,(H,27,30)(H,28,29)/t25-/m1/s1. The van der Waals surface area contributed by atoms with Gasteiger partial charge in [0.15, 0.2) is 0 Å². The highest BCUT2D eigenvalue weighted by Crippen LogP contribution is 2.24. The molecular weight excluding hydrogens is 388 g/mol. The lowest BCUT2D eigenvalue weighted by Crippen LogP contribution is -2.30. The normalized spacial score (nSPS) is 11.4. The summed E-state index contributed by atoms with van der Waals surface area (Å²) >= 11 is 0. The minimum Gasteiger partial charge on any atom is -0.494 e. The van der Waals surface area contributed by atoms with Crippen molar-refractivity contribution in [2.45, 2.75) is 25.8 Å². The highest BCUT2D eigenvalue weighted by molar-refractivity contribution is 5.94. The Morgan fingerprint density at radius 1 is 0.839 bits per heavy atom. The van der Waals surface area contributed by atoms with Gasteiger partial charge >= 0.3 is 0 Å². The molecule has 2 N–H and O–H groups in total. The lowest BCUT2D eigenvalue weighted by molar-refractivity contribution is -0.121. The summed E-state index contributed by atoms with van der Waals surface area (Å²) in [6, 6.07) is 26.5. The predicted molar refractivity (Wildman–Crippen MR) is 122 cm³/mol. The van der Waals surface area contributed by atoms with E-state index in [1.54, 1.807) is 12.1 Å². The summed E-state index contributed by atoms with van der Waals surface area (Å²) in [5, 5.41) is 5.98. The molecule has 0 spiro atoms. The number of nitrogens with one attached hydrogen (secondary N) is 2. The van der Waals surface area contributed by atoms with Crippen molar-refractivity contribution in [1.82, 2.24) is 10.6 Å². The molecule has 5 nitrogen and oxygen atoms in total. The number of ether oxygens (including phenoxy) is 1. The molecule has 160 valence electrons. The summed E-state index contributed by atoms with van der Waals surface area (Å²) in [5.74, 6) is 0.618. The van der Waals surface area contributed by atoms with E-state index < -0.39 is 0 Å². The predicted octanol–water partition coefficient (Wildman–Crippen LogP) is 4.50. The van der Waals surface area contributed by atoms with E-state index in [1.807, 2.05) is 79.7 Å². The molecule has 3 aromatic carbocycles. The Balaban J connectivity index is 1.56. The fourth-order valence-electron chi connectivity index (χ4n) is 3.30. The summed E-state index contributed by atoms with van der Waals surface area (Å²) in [4.78, 5) is 24.7. The lowest BCUT2D eigenvalue weighted by Gasteiger charge is -2.20. The molecule has 0 radical (unpaired) electrons. The van der Waals surface area contributed by atoms with Crippen LogP contribution in [0.1, 0.15) is 47.3 Å². The second kappa shape index (κ2) is 11.6. The SMILES string of the molecule is CCOc1ccc([C@H](NC(=O)CCCNC(=O)c2ccccc2)c2ccccc2)cc1. The molecule has 0 saturated carbocycles. The van der Waals surface area contributed by atoms with Crippen LogP contribution in [0.25, 0.3) is 0 Å². The maximum Gasteiger partial charge on any atom is 0.251 e. The third-order valence-corrected chi connectivity index (χ3v) is 4.86. The van der Waals surface area contributed by atoms with Gasteiger partial charge in [-0.2, -0.15) is 0 Å². The van der Waals surface area contributed by atoms with Gasteiger partial charge in [-0.25, -0.2) is 0 Å². The minimum atomic E-state index is -0.247. The average molecular weight is 417 g/mol. The highest BCUT2D eigenvalue weighted by atomic mass is 16.5. The van der Waals surface area contributed by atoms with Crippen LogP contribution in [0.4, 0.5) is 0 Å². The van der Waals surface area contributed by atoms with E-state index in [-0.39, 0.29) is 17.9 Å². The molecule has 0 bridgehead atoms. The first-order chi connectivity index (χ1) is 15.2. The summed E-state index contributed by atoms with van der Waals surface area (Å²) in [7, 11) is 0. The highest BCUT2D eigenvalue weighted by Gasteiger charge is 2.17. The quantitative estimate of drug-likeness (QED) is 0.478. The molecular formula is C26H28N2O3. The largest absolute Gasteiger partial charge is 0.494 e. The van der Waals surface area contributed by atoms with Crippen molar-refractivity contribution < 1.29 is 14.3 Å².